The van der Waals surface area contributed by atoms with Crippen molar-refractivity contribution < 1.29 is 49.3 Å². The molecule has 1 fully saturated rings. The second-order valence-corrected chi connectivity index (χ2v) is 22.5. The number of allylic oxidation sites excluding steroid dienone is 13. The van der Waals surface area contributed by atoms with E-state index in [0.717, 1.165) is 109 Å². The fourth-order valence-electron chi connectivity index (χ4n) is 9.89. The summed E-state index contributed by atoms with van der Waals surface area (Å²) in [6.45, 7) is 5.68. The quantitative estimate of drug-likeness (QED) is 0.0195. The lowest BCUT2D eigenvalue weighted by atomic mass is 9.99. The third kappa shape index (κ3) is 43.5. The minimum atomic E-state index is -1.62. The largest absolute Gasteiger partial charge is 0.454 e. The summed E-state index contributed by atoms with van der Waals surface area (Å²) in [5.41, 5.74) is 0. The molecule has 11 heteroatoms. The number of esters is 1. The van der Waals surface area contributed by atoms with Gasteiger partial charge < -0.3 is 45.1 Å². The van der Waals surface area contributed by atoms with E-state index in [2.05, 4.69) is 99.0 Å². The van der Waals surface area contributed by atoms with Crippen LogP contribution in [0.15, 0.2) is 85.1 Å². The average molecular weight is 1120 g/mol. The van der Waals surface area contributed by atoms with Crippen molar-refractivity contribution in [1.29, 1.82) is 0 Å². The molecule has 8 atom stereocenters. The molecule has 1 aliphatic rings. The van der Waals surface area contributed by atoms with Crippen LogP contribution < -0.4 is 5.32 Å². The predicted octanol–water partition coefficient (Wildman–Crippen LogP) is 16.1. The maximum atomic E-state index is 13.5. The molecule has 0 saturated carbocycles. The molecule has 1 saturated heterocycles. The molecule has 0 bridgehead atoms. The lowest BCUT2D eigenvalue weighted by Gasteiger charge is -2.41. The summed E-state index contributed by atoms with van der Waals surface area (Å²) in [7, 11) is 0. The first-order valence-electron chi connectivity index (χ1n) is 32.9. The van der Waals surface area contributed by atoms with E-state index in [-0.39, 0.29) is 19.4 Å². The molecule has 0 radical (unpaired) electrons. The van der Waals surface area contributed by atoms with Gasteiger partial charge >= 0.3 is 5.97 Å². The molecule has 11 nitrogen and oxygen atoms in total. The number of amides is 1. The SMILES string of the molecule is CC/C=C\C/C=C\C/C=C\C/C=C\C/C=C\C/C=C\CCCCCCCC(O)C(=O)NC(COC1OC(CO)C(O)C(O)C1OC(=O)CCCCCCCCCCCCCCCC)C(O)/C=C/CCCCCCCCCCCCC. The van der Waals surface area contributed by atoms with E-state index in [1.54, 1.807) is 6.08 Å². The van der Waals surface area contributed by atoms with Crippen LogP contribution in [0.4, 0.5) is 0 Å². The minimum absolute atomic E-state index is 0.122. The zero-order chi connectivity index (χ0) is 58.2. The predicted molar refractivity (Wildman–Crippen MR) is 333 cm³/mol. The molecule has 6 N–H and O–H groups in total. The maximum absolute atomic E-state index is 13.5. The van der Waals surface area contributed by atoms with E-state index >= 15 is 0 Å². The number of carbonyl (C=O) groups excluding carboxylic acids is 2. The van der Waals surface area contributed by atoms with Crippen LogP contribution >= 0.6 is 0 Å². The first kappa shape index (κ1) is 74.9. The molecule has 1 rings (SSSR count). The smallest absolute Gasteiger partial charge is 0.306 e. The summed E-state index contributed by atoms with van der Waals surface area (Å²) in [5.74, 6) is -1.21. The van der Waals surface area contributed by atoms with Crippen molar-refractivity contribution in [2.45, 2.75) is 327 Å². The monoisotopic (exact) mass is 1120 g/mol. The fourth-order valence-corrected chi connectivity index (χ4v) is 9.89. The zero-order valence-corrected chi connectivity index (χ0v) is 51.2. The molecule has 0 aliphatic carbocycles. The highest BCUT2D eigenvalue weighted by Crippen LogP contribution is 2.26. The molecular formula is C69H121NO10. The van der Waals surface area contributed by atoms with Gasteiger partial charge in [-0.3, -0.25) is 9.59 Å². The Hall–Kier alpha value is -3.16. The number of hydrogen-bond acceptors (Lipinski definition) is 10. The molecule has 462 valence electrons. The van der Waals surface area contributed by atoms with E-state index in [0.29, 0.717) is 12.8 Å². The lowest BCUT2D eigenvalue weighted by Crippen LogP contribution is -2.61. The number of nitrogens with one attached hydrogen (secondary N) is 1. The molecular weight excluding hydrogens is 1000 g/mol. The van der Waals surface area contributed by atoms with Crippen LogP contribution in [0.25, 0.3) is 0 Å². The molecule has 1 aliphatic heterocycles. The number of unbranched alkanes of at least 4 members (excludes halogenated alkanes) is 29. The summed E-state index contributed by atoms with van der Waals surface area (Å²) in [6, 6.07) is -1.04. The third-order valence-corrected chi connectivity index (χ3v) is 15.1. The van der Waals surface area contributed by atoms with E-state index < -0.39 is 67.4 Å². The Kier molecular flexibility index (Phi) is 52.7. The Balaban J connectivity index is 2.66. The van der Waals surface area contributed by atoms with Gasteiger partial charge in [-0.15, -0.1) is 0 Å². The van der Waals surface area contributed by atoms with E-state index in [4.69, 9.17) is 14.2 Å². The minimum Gasteiger partial charge on any atom is -0.454 e. The Morgan fingerprint density at radius 2 is 0.900 bits per heavy atom. The van der Waals surface area contributed by atoms with Gasteiger partial charge in [0.1, 0.15) is 24.4 Å². The van der Waals surface area contributed by atoms with E-state index in [1.807, 2.05) is 6.08 Å². The number of aliphatic hydroxyl groups is 5. The van der Waals surface area contributed by atoms with Crippen LogP contribution in [0.2, 0.25) is 0 Å². The van der Waals surface area contributed by atoms with Crippen molar-refractivity contribution >= 4 is 11.9 Å². The first-order valence-corrected chi connectivity index (χ1v) is 32.9. The molecule has 0 aromatic carbocycles. The summed E-state index contributed by atoms with van der Waals surface area (Å²) in [4.78, 5) is 26.6. The van der Waals surface area contributed by atoms with Crippen molar-refractivity contribution in [1.82, 2.24) is 5.32 Å². The number of hydrogen-bond donors (Lipinski definition) is 6. The maximum Gasteiger partial charge on any atom is 0.306 e. The summed E-state index contributed by atoms with van der Waals surface area (Å²) < 4.78 is 17.6. The molecule has 0 aromatic heterocycles. The van der Waals surface area contributed by atoms with Crippen molar-refractivity contribution in [3.05, 3.63) is 85.1 Å². The van der Waals surface area contributed by atoms with Gasteiger partial charge in [0.05, 0.1) is 25.4 Å². The molecule has 0 aromatic rings. The number of aliphatic hydroxyl groups excluding tert-OH is 5. The van der Waals surface area contributed by atoms with Crippen LogP contribution in [0.5, 0.6) is 0 Å². The Labute approximate surface area is 489 Å². The van der Waals surface area contributed by atoms with Crippen molar-refractivity contribution in [2.75, 3.05) is 13.2 Å². The normalized spacial score (nSPS) is 19.3. The number of rotatable bonds is 55. The highest BCUT2D eigenvalue weighted by molar-refractivity contribution is 5.80. The topological polar surface area (TPSA) is 175 Å². The highest BCUT2D eigenvalue weighted by Gasteiger charge is 2.47. The van der Waals surface area contributed by atoms with Gasteiger partial charge in [0.15, 0.2) is 12.4 Å². The van der Waals surface area contributed by atoms with Gasteiger partial charge in [0, 0.05) is 6.42 Å². The van der Waals surface area contributed by atoms with Gasteiger partial charge in [0.2, 0.25) is 5.91 Å². The standard InChI is InChI=1S/C69H121NO10/c1-4-7-10-13-16-19-22-25-27-28-29-30-31-32-33-34-35-36-38-41-44-47-50-53-56-62(73)68(77)70-60(61(72)55-52-49-46-43-40-37-24-21-18-15-12-9-6-3)59-78-69-67(66(76)65(75)63(58-71)79-69)80-64(74)57-54-51-48-45-42-39-26-23-20-17-14-11-8-5-2/h7,10,16,19,25,27,29-30,32-33,35-36,52,55,60-63,65-67,69,71-73,75-76H,4-6,8-9,11-15,17-18,20-24,26,28,31,34,37-51,53-54,56-59H2,1-3H3,(H,70,77)/b10-7-,19-16-,27-25-,30-29-,33-32-,36-35-,55-52+. The Morgan fingerprint density at radius 1 is 0.500 bits per heavy atom. The molecule has 8 unspecified atom stereocenters. The highest BCUT2D eigenvalue weighted by atomic mass is 16.7. The van der Waals surface area contributed by atoms with E-state index in [9.17, 15) is 35.1 Å². The van der Waals surface area contributed by atoms with Crippen LogP contribution in [0.3, 0.4) is 0 Å². The van der Waals surface area contributed by atoms with Crippen LogP contribution in [0.1, 0.15) is 278 Å². The van der Waals surface area contributed by atoms with Gasteiger partial charge in [-0.2, -0.15) is 0 Å². The average Bonchev–Trinajstić information content (AvgIpc) is 3.51. The summed E-state index contributed by atoms with van der Waals surface area (Å²) in [5, 5.41) is 57.1. The lowest BCUT2D eigenvalue weighted by molar-refractivity contribution is -0.305. The summed E-state index contributed by atoms with van der Waals surface area (Å²) >= 11 is 0. The van der Waals surface area contributed by atoms with E-state index in [1.165, 1.54) is 122 Å². The zero-order valence-electron chi connectivity index (χ0n) is 51.2. The van der Waals surface area contributed by atoms with Crippen molar-refractivity contribution in [3.63, 3.8) is 0 Å². The van der Waals surface area contributed by atoms with Crippen LogP contribution in [-0.2, 0) is 23.8 Å². The molecule has 80 heavy (non-hydrogen) atoms. The fraction of sp³-hybridized carbons (Fsp3) is 0.768. The van der Waals surface area contributed by atoms with Crippen molar-refractivity contribution in [2.24, 2.45) is 0 Å². The second kappa shape index (κ2) is 56.3. The summed E-state index contributed by atoms with van der Waals surface area (Å²) in [6.07, 6.45) is 63.3. The Morgan fingerprint density at radius 3 is 1.35 bits per heavy atom. The Bertz CT molecular complexity index is 1620. The molecule has 1 heterocycles. The van der Waals surface area contributed by atoms with Gasteiger partial charge in [-0.25, -0.2) is 0 Å². The second-order valence-electron chi connectivity index (χ2n) is 22.5. The number of ether oxygens (including phenoxy) is 3. The molecule has 0 spiro atoms. The first-order chi connectivity index (χ1) is 39.2. The third-order valence-electron chi connectivity index (χ3n) is 15.1. The van der Waals surface area contributed by atoms with Gasteiger partial charge in [-0.05, 0) is 77.0 Å². The van der Waals surface area contributed by atoms with Crippen molar-refractivity contribution in [3.8, 4) is 0 Å². The van der Waals surface area contributed by atoms with Crippen LogP contribution in [-0.4, -0.2) is 99.6 Å². The number of carbonyl (C=O) groups is 2. The van der Waals surface area contributed by atoms with Gasteiger partial charge in [-0.1, -0.05) is 279 Å². The molecule has 1 amide bonds. The van der Waals surface area contributed by atoms with Gasteiger partial charge in [0.25, 0.3) is 0 Å². The van der Waals surface area contributed by atoms with Crippen LogP contribution in [0, 0.1) is 0 Å².